The highest BCUT2D eigenvalue weighted by Crippen LogP contribution is 2.27. The molecule has 2 rings (SSSR count). The topological polar surface area (TPSA) is 86.5 Å². The SMILES string of the molecule is CC1CNCC(COc2ncc(Br)cc2[N+](=O)[O-])O1. The normalized spacial score (nSPS) is 23.1. The van der Waals surface area contributed by atoms with E-state index in [1.165, 1.54) is 12.3 Å². The predicted octanol–water partition coefficient (Wildman–Crippen LogP) is 1.51. The molecule has 0 aliphatic carbocycles. The number of ether oxygens (including phenoxy) is 2. The van der Waals surface area contributed by atoms with Gasteiger partial charge in [-0.1, -0.05) is 0 Å². The van der Waals surface area contributed by atoms with Crippen molar-refractivity contribution in [2.24, 2.45) is 0 Å². The van der Waals surface area contributed by atoms with Crippen molar-refractivity contribution in [3.05, 3.63) is 26.9 Å². The molecule has 0 amide bonds. The second-order valence-corrected chi connectivity index (χ2v) is 5.19. The highest BCUT2D eigenvalue weighted by atomic mass is 79.9. The second kappa shape index (κ2) is 6.27. The van der Waals surface area contributed by atoms with Crippen LogP contribution in [0.2, 0.25) is 0 Å². The Balaban J connectivity index is 2.01. The molecular weight excluding hydrogens is 318 g/mol. The Bertz CT molecular complexity index is 471. The van der Waals surface area contributed by atoms with Crippen molar-refractivity contribution in [1.29, 1.82) is 0 Å². The summed E-state index contributed by atoms with van der Waals surface area (Å²) in [6, 6.07) is 1.37. The van der Waals surface area contributed by atoms with Gasteiger partial charge in [0.05, 0.1) is 11.0 Å². The van der Waals surface area contributed by atoms with E-state index in [1.54, 1.807) is 0 Å². The Morgan fingerprint density at radius 2 is 2.47 bits per heavy atom. The molecule has 0 saturated carbocycles. The molecule has 2 unspecified atom stereocenters. The molecular formula is C11H14BrN3O4. The summed E-state index contributed by atoms with van der Waals surface area (Å²) >= 11 is 3.14. The molecule has 104 valence electrons. The summed E-state index contributed by atoms with van der Waals surface area (Å²) in [4.78, 5) is 14.3. The molecule has 1 aliphatic heterocycles. The Labute approximate surface area is 118 Å². The first kappa shape index (κ1) is 14.2. The Morgan fingerprint density at radius 1 is 1.68 bits per heavy atom. The zero-order valence-electron chi connectivity index (χ0n) is 10.3. The molecule has 1 aliphatic rings. The first-order chi connectivity index (χ1) is 9.06. The molecule has 0 radical (unpaired) electrons. The summed E-state index contributed by atoms with van der Waals surface area (Å²) in [6.07, 6.45) is 1.44. The smallest absolute Gasteiger partial charge is 0.332 e. The van der Waals surface area contributed by atoms with Crippen LogP contribution in [-0.2, 0) is 4.74 Å². The summed E-state index contributed by atoms with van der Waals surface area (Å²) in [7, 11) is 0. The van der Waals surface area contributed by atoms with Gasteiger partial charge in [0.2, 0.25) is 0 Å². The van der Waals surface area contributed by atoms with E-state index in [1.807, 2.05) is 6.92 Å². The maximum absolute atomic E-state index is 10.9. The largest absolute Gasteiger partial charge is 0.470 e. The van der Waals surface area contributed by atoms with Crippen molar-refractivity contribution in [2.75, 3.05) is 19.7 Å². The summed E-state index contributed by atoms with van der Waals surface area (Å²) in [5.74, 6) is 0.00928. The van der Waals surface area contributed by atoms with Gasteiger partial charge in [0, 0.05) is 29.8 Å². The van der Waals surface area contributed by atoms with Crippen LogP contribution in [0.3, 0.4) is 0 Å². The van der Waals surface area contributed by atoms with E-state index in [2.05, 4.69) is 26.2 Å². The molecule has 8 heteroatoms. The summed E-state index contributed by atoms with van der Waals surface area (Å²) < 4.78 is 11.6. The number of halogens is 1. The van der Waals surface area contributed by atoms with Gasteiger partial charge in [-0.15, -0.1) is 0 Å². The number of pyridine rings is 1. The van der Waals surface area contributed by atoms with Crippen LogP contribution in [0.4, 0.5) is 5.69 Å². The van der Waals surface area contributed by atoms with Gasteiger partial charge in [0.25, 0.3) is 5.88 Å². The second-order valence-electron chi connectivity index (χ2n) is 4.27. The molecule has 1 N–H and O–H groups in total. The lowest BCUT2D eigenvalue weighted by Crippen LogP contribution is -2.45. The van der Waals surface area contributed by atoms with Crippen LogP contribution in [0.5, 0.6) is 5.88 Å². The highest BCUT2D eigenvalue weighted by molar-refractivity contribution is 9.10. The quantitative estimate of drug-likeness (QED) is 0.664. The van der Waals surface area contributed by atoms with Crippen molar-refractivity contribution < 1.29 is 14.4 Å². The van der Waals surface area contributed by atoms with Crippen LogP contribution in [0.15, 0.2) is 16.7 Å². The van der Waals surface area contributed by atoms with Crippen molar-refractivity contribution in [2.45, 2.75) is 19.1 Å². The fraction of sp³-hybridized carbons (Fsp3) is 0.545. The van der Waals surface area contributed by atoms with Crippen LogP contribution < -0.4 is 10.1 Å². The molecule has 1 aromatic heterocycles. The summed E-state index contributed by atoms with van der Waals surface area (Å²) in [5, 5.41) is 14.1. The van der Waals surface area contributed by atoms with E-state index >= 15 is 0 Å². The highest BCUT2D eigenvalue weighted by Gasteiger charge is 2.22. The Morgan fingerprint density at radius 3 is 3.16 bits per heavy atom. The van der Waals surface area contributed by atoms with Gasteiger partial charge in [0.15, 0.2) is 0 Å². The van der Waals surface area contributed by atoms with Gasteiger partial charge in [0.1, 0.15) is 12.7 Å². The number of nitro groups is 1. The van der Waals surface area contributed by atoms with E-state index < -0.39 is 4.92 Å². The Hall–Kier alpha value is -1.25. The number of aromatic nitrogens is 1. The first-order valence-electron chi connectivity index (χ1n) is 5.85. The number of nitrogens with zero attached hydrogens (tertiary/aromatic N) is 2. The average molecular weight is 332 g/mol. The zero-order chi connectivity index (χ0) is 13.8. The van der Waals surface area contributed by atoms with E-state index in [9.17, 15) is 10.1 Å². The third-order valence-corrected chi connectivity index (χ3v) is 3.06. The van der Waals surface area contributed by atoms with E-state index in [0.717, 1.165) is 6.54 Å². The monoisotopic (exact) mass is 331 g/mol. The minimum atomic E-state index is -0.518. The average Bonchev–Trinajstić information content (AvgIpc) is 2.37. The molecule has 1 fully saturated rings. The van der Waals surface area contributed by atoms with Crippen LogP contribution in [0, 0.1) is 10.1 Å². The van der Waals surface area contributed by atoms with Gasteiger partial charge in [-0.3, -0.25) is 10.1 Å². The molecule has 0 bridgehead atoms. The zero-order valence-corrected chi connectivity index (χ0v) is 11.9. The van der Waals surface area contributed by atoms with Crippen molar-refractivity contribution in [1.82, 2.24) is 10.3 Å². The van der Waals surface area contributed by atoms with Crippen molar-refractivity contribution in [3.63, 3.8) is 0 Å². The van der Waals surface area contributed by atoms with E-state index in [4.69, 9.17) is 9.47 Å². The number of rotatable bonds is 4. The maximum Gasteiger partial charge on any atom is 0.332 e. The maximum atomic E-state index is 10.9. The third kappa shape index (κ3) is 3.85. The minimum absolute atomic E-state index is 0.00928. The van der Waals surface area contributed by atoms with Gasteiger partial charge >= 0.3 is 5.69 Å². The summed E-state index contributed by atoms with van der Waals surface area (Å²) in [5.41, 5.74) is -0.161. The number of nitrogens with one attached hydrogen (secondary N) is 1. The Kier molecular flexibility index (Phi) is 4.67. The fourth-order valence-electron chi connectivity index (χ4n) is 1.80. The fourth-order valence-corrected chi connectivity index (χ4v) is 2.12. The third-order valence-electron chi connectivity index (χ3n) is 2.63. The lowest BCUT2D eigenvalue weighted by Gasteiger charge is -2.28. The predicted molar refractivity (Wildman–Crippen MR) is 71.3 cm³/mol. The summed E-state index contributed by atoms with van der Waals surface area (Å²) in [6.45, 7) is 3.65. The molecule has 1 saturated heterocycles. The van der Waals surface area contributed by atoms with Gasteiger partial charge in [-0.25, -0.2) is 4.98 Å². The number of morpholine rings is 1. The van der Waals surface area contributed by atoms with Gasteiger partial charge in [-0.2, -0.15) is 0 Å². The number of hydrogen-bond donors (Lipinski definition) is 1. The van der Waals surface area contributed by atoms with E-state index in [-0.39, 0.29) is 30.4 Å². The molecule has 1 aromatic rings. The molecule has 2 atom stereocenters. The van der Waals surface area contributed by atoms with E-state index in [0.29, 0.717) is 11.0 Å². The van der Waals surface area contributed by atoms with Crippen LogP contribution in [0.25, 0.3) is 0 Å². The van der Waals surface area contributed by atoms with Crippen molar-refractivity contribution in [3.8, 4) is 5.88 Å². The molecule has 7 nitrogen and oxygen atoms in total. The lowest BCUT2D eigenvalue weighted by atomic mass is 10.2. The lowest BCUT2D eigenvalue weighted by molar-refractivity contribution is -0.386. The van der Waals surface area contributed by atoms with Crippen molar-refractivity contribution >= 4 is 21.6 Å². The molecule has 0 spiro atoms. The molecule has 2 heterocycles. The van der Waals surface area contributed by atoms with Gasteiger partial charge < -0.3 is 14.8 Å². The molecule has 19 heavy (non-hydrogen) atoms. The number of hydrogen-bond acceptors (Lipinski definition) is 6. The van der Waals surface area contributed by atoms with Crippen LogP contribution in [0.1, 0.15) is 6.92 Å². The first-order valence-corrected chi connectivity index (χ1v) is 6.64. The van der Waals surface area contributed by atoms with Gasteiger partial charge in [-0.05, 0) is 22.9 Å². The molecule has 0 aromatic carbocycles. The minimum Gasteiger partial charge on any atom is -0.470 e. The standard InChI is InChI=1S/C11H14BrN3O4/c1-7-3-13-5-9(19-7)6-18-11-10(15(16)17)2-8(12)4-14-11/h2,4,7,9,13H,3,5-6H2,1H3. The van der Waals surface area contributed by atoms with Crippen LogP contribution in [-0.4, -0.2) is 41.8 Å². The van der Waals surface area contributed by atoms with Crippen LogP contribution >= 0.6 is 15.9 Å².